The standard InChI is InChI=1S/C17H16F2O4S/c1-11(2)13-4-3-5-14(10-13)23-16(20)12-6-8-15(9-7-12)24(21,22)17(18)19/h3-11,17H,1-2H3. The molecule has 0 N–H and O–H groups in total. The quantitative estimate of drug-likeness (QED) is 0.601. The number of hydrogen-bond donors (Lipinski definition) is 0. The number of sulfone groups is 1. The molecule has 24 heavy (non-hydrogen) atoms. The highest BCUT2D eigenvalue weighted by atomic mass is 32.2. The Labute approximate surface area is 139 Å². The molecule has 0 unspecified atom stereocenters. The van der Waals surface area contributed by atoms with E-state index < -0.39 is 26.5 Å². The lowest BCUT2D eigenvalue weighted by atomic mass is 10.0. The van der Waals surface area contributed by atoms with Gasteiger partial charge in [-0.3, -0.25) is 0 Å². The van der Waals surface area contributed by atoms with Crippen molar-refractivity contribution in [2.45, 2.75) is 30.4 Å². The van der Waals surface area contributed by atoms with Gasteiger partial charge in [0.1, 0.15) is 5.75 Å². The van der Waals surface area contributed by atoms with Crippen LogP contribution < -0.4 is 4.74 Å². The summed E-state index contributed by atoms with van der Waals surface area (Å²) < 4.78 is 52.8. The average Bonchev–Trinajstić information content (AvgIpc) is 2.55. The van der Waals surface area contributed by atoms with Crippen molar-refractivity contribution in [3.05, 3.63) is 59.7 Å². The largest absolute Gasteiger partial charge is 0.423 e. The third-order valence-electron chi connectivity index (χ3n) is 3.39. The molecule has 0 heterocycles. The molecule has 4 nitrogen and oxygen atoms in total. The molecular formula is C17H16F2O4S. The monoisotopic (exact) mass is 354 g/mol. The highest BCUT2D eigenvalue weighted by Crippen LogP contribution is 2.22. The van der Waals surface area contributed by atoms with Gasteiger partial charge in [0.15, 0.2) is 0 Å². The van der Waals surface area contributed by atoms with Gasteiger partial charge in [0, 0.05) is 0 Å². The molecule has 2 rings (SSSR count). The third-order valence-corrected chi connectivity index (χ3v) is 4.79. The summed E-state index contributed by atoms with van der Waals surface area (Å²) >= 11 is 0. The van der Waals surface area contributed by atoms with Crippen molar-refractivity contribution in [3.63, 3.8) is 0 Å². The molecule has 7 heteroatoms. The van der Waals surface area contributed by atoms with E-state index in [2.05, 4.69) is 0 Å². The second-order valence-electron chi connectivity index (χ2n) is 5.45. The molecule has 0 aromatic heterocycles. The summed E-state index contributed by atoms with van der Waals surface area (Å²) in [7, 11) is -4.68. The normalized spacial score (nSPS) is 11.8. The van der Waals surface area contributed by atoms with Crippen molar-refractivity contribution in [1.29, 1.82) is 0 Å². The average molecular weight is 354 g/mol. The molecule has 0 spiro atoms. The lowest BCUT2D eigenvalue weighted by Crippen LogP contribution is -2.12. The van der Waals surface area contributed by atoms with Crippen molar-refractivity contribution in [1.82, 2.24) is 0 Å². The molecule has 0 saturated carbocycles. The summed E-state index contributed by atoms with van der Waals surface area (Å²) in [6, 6.07) is 11.2. The summed E-state index contributed by atoms with van der Waals surface area (Å²) in [5.41, 5.74) is 1.07. The fourth-order valence-electron chi connectivity index (χ4n) is 1.99. The number of halogens is 2. The van der Waals surface area contributed by atoms with Gasteiger partial charge in [0.2, 0.25) is 9.84 Å². The van der Waals surface area contributed by atoms with Crippen molar-refractivity contribution in [2.75, 3.05) is 0 Å². The Kier molecular flexibility index (Phi) is 5.33. The number of alkyl halides is 2. The van der Waals surface area contributed by atoms with Gasteiger partial charge in [-0.15, -0.1) is 0 Å². The van der Waals surface area contributed by atoms with Crippen molar-refractivity contribution in [3.8, 4) is 5.75 Å². The predicted octanol–water partition coefficient (Wildman–Crippen LogP) is 4.03. The molecule has 0 bridgehead atoms. The van der Waals surface area contributed by atoms with Crippen LogP contribution in [0.4, 0.5) is 8.78 Å². The van der Waals surface area contributed by atoms with Crippen LogP contribution in [-0.2, 0) is 9.84 Å². The van der Waals surface area contributed by atoms with E-state index in [0.29, 0.717) is 5.75 Å². The Balaban J connectivity index is 2.18. The lowest BCUT2D eigenvalue weighted by molar-refractivity contribution is 0.0734. The summed E-state index contributed by atoms with van der Waals surface area (Å²) in [5, 5.41) is 0. The summed E-state index contributed by atoms with van der Waals surface area (Å²) in [4.78, 5) is 11.5. The van der Waals surface area contributed by atoms with Crippen LogP contribution in [0.25, 0.3) is 0 Å². The van der Waals surface area contributed by atoms with E-state index in [1.807, 2.05) is 19.9 Å². The Morgan fingerprint density at radius 3 is 2.21 bits per heavy atom. The maximum absolute atomic E-state index is 12.5. The molecule has 0 amide bonds. The summed E-state index contributed by atoms with van der Waals surface area (Å²) in [6.45, 7) is 4.01. The van der Waals surface area contributed by atoms with Crippen molar-refractivity contribution >= 4 is 15.8 Å². The van der Waals surface area contributed by atoms with Crippen LogP contribution in [0.5, 0.6) is 5.75 Å². The van der Waals surface area contributed by atoms with E-state index in [0.717, 1.165) is 29.8 Å². The first-order valence-corrected chi connectivity index (χ1v) is 8.70. The maximum atomic E-state index is 12.5. The predicted molar refractivity (Wildman–Crippen MR) is 85.1 cm³/mol. The molecule has 0 aliphatic rings. The van der Waals surface area contributed by atoms with Crippen LogP contribution in [0, 0.1) is 0 Å². The van der Waals surface area contributed by atoms with Gasteiger partial charge in [-0.05, 0) is 47.9 Å². The molecule has 0 atom stereocenters. The topological polar surface area (TPSA) is 60.4 Å². The van der Waals surface area contributed by atoms with Crippen LogP contribution in [-0.4, -0.2) is 20.1 Å². The van der Waals surface area contributed by atoms with Gasteiger partial charge in [-0.25, -0.2) is 13.2 Å². The fourth-order valence-corrected chi connectivity index (χ4v) is 2.71. The second-order valence-corrected chi connectivity index (χ2v) is 7.36. The minimum absolute atomic E-state index is 0.0677. The minimum Gasteiger partial charge on any atom is -0.423 e. The first-order valence-electron chi connectivity index (χ1n) is 7.16. The van der Waals surface area contributed by atoms with Crippen molar-refractivity contribution < 1.29 is 26.7 Å². The zero-order chi connectivity index (χ0) is 17.9. The second kappa shape index (κ2) is 7.09. The van der Waals surface area contributed by atoms with Gasteiger partial charge in [0.25, 0.3) is 0 Å². The van der Waals surface area contributed by atoms with Gasteiger partial charge >= 0.3 is 11.7 Å². The van der Waals surface area contributed by atoms with E-state index in [1.165, 1.54) is 0 Å². The van der Waals surface area contributed by atoms with E-state index >= 15 is 0 Å². The maximum Gasteiger partial charge on any atom is 0.343 e. The fraction of sp³-hybridized carbons (Fsp3) is 0.235. The molecule has 2 aromatic rings. The Hall–Kier alpha value is -2.28. The van der Waals surface area contributed by atoms with Crippen LogP contribution in [0.2, 0.25) is 0 Å². The zero-order valence-corrected chi connectivity index (χ0v) is 13.9. The number of ether oxygens (including phenoxy) is 1. The van der Waals surface area contributed by atoms with Crippen LogP contribution >= 0.6 is 0 Å². The van der Waals surface area contributed by atoms with Crippen LogP contribution in [0.15, 0.2) is 53.4 Å². The SMILES string of the molecule is CC(C)c1cccc(OC(=O)c2ccc(S(=O)(=O)C(F)F)cc2)c1. The number of benzene rings is 2. The Bertz CT molecular complexity index is 828. The molecule has 0 saturated heterocycles. The van der Waals surface area contributed by atoms with E-state index in [-0.39, 0.29) is 11.5 Å². The zero-order valence-electron chi connectivity index (χ0n) is 13.1. The molecule has 0 aliphatic carbocycles. The molecule has 2 aromatic carbocycles. The third kappa shape index (κ3) is 3.97. The highest BCUT2D eigenvalue weighted by molar-refractivity contribution is 7.91. The Morgan fingerprint density at radius 1 is 1.04 bits per heavy atom. The summed E-state index contributed by atoms with van der Waals surface area (Å²) in [6.07, 6.45) is 0. The van der Waals surface area contributed by atoms with Crippen molar-refractivity contribution in [2.24, 2.45) is 0 Å². The lowest BCUT2D eigenvalue weighted by Gasteiger charge is -2.09. The molecule has 0 aliphatic heterocycles. The first-order chi connectivity index (χ1) is 11.2. The van der Waals surface area contributed by atoms with Crippen LogP contribution in [0.3, 0.4) is 0 Å². The van der Waals surface area contributed by atoms with Gasteiger partial charge < -0.3 is 4.74 Å². The minimum atomic E-state index is -4.68. The van der Waals surface area contributed by atoms with Gasteiger partial charge in [-0.1, -0.05) is 26.0 Å². The molecule has 0 radical (unpaired) electrons. The van der Waals surface area contributed by atoms with E-state index in [9.17, 15) is 22.0 Å². The summed E-state index contributed by atoms with van der Waals surface area (Å²) in [5.74, 6) is -3.58. The Morgan fingerprint density at radius 2 is 1.67 bits per heavy atom. The number of carbonyl (C=O) groups excluding carboxylic acids is 1. The number of carbonyl (C=O) groups is 1. The molecule has 128 valence electrons. The van der Waals surface area contributed by atoms with E-state index in [1.54, 1.807) is 18.2 Å². The number of rotatable bonds is 5. The number of hydrogen-bond acceptors (Lipinski definition) is 4. The molecule has 0 fully saturated rings. The smallest absolute Gasteiger partial charge is 0.343 e. The first kappa shape index (κ1) is 18.1. The van der Waals surface area contributed by atoms with Gasteiger partial charge in [-0.2, -0.15) is 8.78 Å². The molecular weight excluding hydrogens is 338 g/mol. The van der Waals surface area contributed by atoms with Crippen LogP contribution in [0.1, 0.15) is 35.7 Å². The van der Waals surface area contributed by atoms with Gasteiger partial charge in [0.05, 0.1) is 10.5 Å². The van der Waals surface area contributed by atoms with E-state index in [4.69, 9.17) is 4.74 Å². The highest BCUT2D eigenvalue weighted by Gasteiger charge is 2.26. The number of esters is 1.